The Kier molecular flexibility index (Phi) is 2.06. The lowest BCUT2D eigenvalue weighted by Crippen LogP contribution is -1.89. The Labute approximate surface area is 63.1 Å². The zero-order valence-corrected chi connectivity index (χ0v) is 6.15. The molecule has 0 amide bonds. The maximum atomic E-state index is 10.3. The van der Waals surface area contributed by atoms with E-state index in [1.807, 2.05) is 0 Å². The molecular formula is C7H7O2S. The number of carbonyl (C=O) groups is 1. The van der Waals surface area contributed by atoms with E-state index in [2.05, 4.69) is 6.92 Å². The minimum atomic E-state index is -0.857. The van der Waals surface area contributed by atoms with Crippen LogP contribution >= 0.6 is 11.3 Å². The van der Waals surface area contributed by atoms with E-state index in [1.165, 1.54) is 11.3 Å². The molecule has 0 atom stereocenters. The molecule has 1 aromatic rings. The molecule has 0 aliphatic rings. The van der Waals surface area contributed by atoms with Crippen LogP contribution in [-0.4, -0.2) is 11.1 Å². The van der Waals surface area contributed by atoms with E-state index < -0.39 is 5.97 Å². The first-order valence-electron chi connectivity index (χ1n) is 2.85. The lowest BCUT2D eigenvalue weighted by molar-refractivity contribution is 0.0702. The summed E-state index contributed by atoms with van der Waals surface area (Å²) < 4.78 is 0. The Morgan fingerprint density at radius 3 is 2.70 bits per heavy atom. The number of rotatable bonds is 2. The molecule has 1 radical (unpaired) electrons. The monoisotopic (exact) mass is 155 g/mol. The molecule has 1 aromatic heterocycles. The van der Waals surface area contributed by atoms with Crippen LogP contribution < -0.4 is 0 Å². The summed E-state index contributed by atoms with van der Waals surface area (Å²) in [5, 5.41) is 8.48. The molecule has 2 nitrogen and oxygen atoms in total. The van der Waals surface area contributed by atoms with Crippen LogP contribution in [0.1, 0.15) is 14.5 Å². The second-order valence-electron chi connectivity index (χ2n) is 1.82. The summed E-state index contributed by atoms with van der Waals surface area (Å²) in [6, 6.07) is 3.40. The van der Waals surface area contributed by atoms with Gasteiger partial charge < -0.3 is 5.11 Å². The van der Waals surface area contributed by atoms with Gasteiger partial charge in [0.25, 0.3) is 0 Å². The summed E-state index contributed by atoms with van der Waals surface area (Å²) in [5.74, 6) is -0.857. The van der Waals surface area contributed by atoms with Crippen LogP contribution in [0.5, 0.6) is 0 Å². The summed E-state index contributed by atoms with van der Waals surface area (Å²) >= 11 is 1.28. The fraction of sp³-hybridized carbons (Fsp3) is 0.143. The molecule has 0 aromatic carbocycles. The van der Waals surface area contributed by atoms with Crippen molar-refractivity contribution >= 4 is 17.3 Å². The summed E-state index contributed by atoms with van der Waals surface area (Å²) in [5.41, 5.74) is 0. The summed E-state index contributed by atoms with van der Waals surface area (Å²) in [4.78, 5) is 11.7. The second kappa shape index (κ2) is 2.84. The zero-order valence-electron chi connectivity index (χ0n) is 5.33. The van der Waals surface area contributed by atoms with Crippen molar-refractivity contribution in [1.29, 1.82) is 0 Å². The third-order valence-corrected chi connectivity index (χ3v) is 2.25. The predicted molar refractivity (Wildman–Crippen MR) is 40.3 cm³/mol. The van der Waals surface area contributed by atoms with E-state index >= 15 is 0 Å². The molecule has 0 spiro atoms. The van der Waals surface area contributed by atoms with Crippen LogP contribution in [0, 0.1) is 6.92 Å². The zero-order chi connectivity index (χ0) is 7.56. The van der Waals surface area contributed by atoms with Gasteiger partial charge in [-0.1, -0.05) is 0 Å². The number of hydrogen-bond acceptors (Lipinski definition) is 2. The van der Waals surface area contributed by atoms with Crippen molar-refractivity contribution in [3.05, 3.63) is 28.8 Å². The van der Waals surface area contributed by atoms with E-state index in [4.69, 9.17) is 5.11 Å². The van der Waals surface area contributed by atoms with Crippen molar-refractivity contribution in [1.82, 2.24) is 0 Å². The van der Waals surface area contributed by atoms with Crippen molar-refractivity contribution in [2.75, 3.05) is 0 Å². The quantitative estimate of drug-likeness (QED) is 0.707. The van der Waals surface area contributed by atoms with Gasteiger partial charge >= 0.3 is 5.97 Å². The summed E-state index contributed by atoms with van der Waals surface area (Å²) in [7, 11) is 0. The molecule has 1 N–H and O–H groups in total. The van der Waals surface area contributed by atoms with Crippen molar-refractivity contribution in [2.45, 2.75) is 6.42 Å². The molecule has 0 unspecified atom stereocenters. The van der Waals surface area contributed by atoms with Gasteiger partial charge in [0, 0.05) is 4.88 Å². The molecule has 0 aliphatic heterocycles. The van der Waals surface area contributed by atoms with Crippen LogP contribution in [0.4, 0.5) is 0 Å². The third-order valence-electron chi connectivity index (χ3n) is 1.12. The Hall–Kier alpha value is -0.830. The van der Waals surface area contributed by atoms with Crippen LogP contribution in [0.25, 0.3) is 0 Å². The first kappa shape index (κ1) is 7.28. The van der Waals surface area contributed by atoms with Crippen LogP contribution in [-0.2, 0) is 6.42 Å². The fourth-order valence-corrected chi connectivity index (χ4v) is 1.37. The van der Waals surface area contributed by atoms with Crippen LogP contribution in [0.15, 0.2) is 12.1 Å². The highest BCUT2D eigenvalue weighted by atomic mass is 32.1. The van der Waals surface area contributed by atoms with Gasteiger partial charge in [-0.05, 0) is 25.5 Å². The molecule has 0 fully saturated rings. The van der Waals surface area contributed by atoms with Gasteiger partial charge in [0.05, 0.1) is 0 Å². The van der Waals surface area contributed by atoms with Gasteiger partial charge in [-0.3, -0.25) is 0 Å². The molecule has 10 heavy (non-hydrogen) atoms. The van der Waals surface area contributed by atoms with Crippen molar-refractivity contribution in [2.24, 2.45) is 0 Å². The fourth-order valence-electron chi connectivity index (χ4n) is 0.627. The number of aromatic carboxylic acids is 1. The van der Waals surface area contributed by atoms with Crippen molar-refractivity contribution in [3.8, 4) is 0 Å². The average Bonchev–Trinajstić information content (AvgIpc) is 2.34. The summed E-state index contributed by atoms with van der Waals surface area (Å²) in [6.45, 7) is 3.65. The smallest absolute Gasteiger partial charge is 0.345 e. The standard InChI is InChI=1S/C7H7O2S/c1-2-5-3-4-6(10-5)7(8)9/h3-4H,1-2H2,(H,8,9). The van der Waals surface area contributed by atoms with Crippen LogP contribution in [0.2, 0.25) is 0 Å². The van der Waals surface area contributed by atoms with Crippen molar-refractivity contribution in [3.63, 3.8) is 0 Å². The Morgan fingerprint density at radius 1 is 1.70 bits per heavy atom. The lowest BCUT2D eigenvalue weighted by Gasteiger charge is -1.83. The molecule has 53 valence electrons. The number of carboxylic acid groups (broad SMARTS) is 1. The molecule has 0 saturated carbocycles. The number of carboxylic acids is 1. The highest BCUT2D eigenvalue weighted by molar-refractivity contribution is 7.13. The highest BCUT2D eigenvalue weighted by Crippen LogP contribution is 2.15. The second-order valence-corrected chi connectivity index (χ2v) is 2.99. The number of thiophene rings is 1. The highest BCUT2D eigenvalue weighted by Gasteiger charge is 2.04. The molecule has 0 bridgehead atoms. The van der Waals surface area contributed by atoms with Gasteiger partial charge in [0.2, 0.25) is 0 Å². The Balaban J connectivity index is 2.88. The van der Waals surface area contributed by atoms with E-state index in [1.54, 1.807) is 12.1 Å². The SMILES string of the molecule is [CH2]Cc1ccc(C(=O)O)s1. The maximum Gasteiger partial charge on any atom is 0.345 e. The van der Waals surface area contributed by atoms with E-state index in [9.17, 15) is 4.79 Å². The van der Waals surface area contributed by atoms with Gasteiger partial charge in [-0.25, -0.2) is 4.79 Å². The van der Waals surface area contributed by atoms with Crippen molar-refractivity contribution < 1.29 is 9.90 Å². The van der Waals surface area contributed by atoms with E-state index in [0.717, 1.165) is 4.88 Å². The van der Waals surface area contributed by atoms with Gasteiger partial charge in [-0.15, -0.1) is 11.3 Å². The molecule has 1 rings (SSSR count). The normalized spacial score (nSPS) is 9.70. The van der Waals surface area contributed by atoms with E-state index in [0.29, 0.717) is 11.3 Å². The topological polar surface area (TPSA) is 37.3 Å². The Bertz CT molecular complexity index is 240. The van der Waals surface area contributed by atoms with E-state index in [-0.39, 0.29) is 0 Å². The minimum absolute atomic E-state index is 0.388. The van der Waals surface area contributed by atoms with Gasteiger partial charge in [0.15, 0.2) is 0 Å². The third kappa shape index (κ3) is 1.36. The summed E-state index contributed by atoms with van der Waals surface area (Å²) in [6.07, 6.45) is 0.665. The molecule has 3 heteroatoms. The van der Waals surface area contributed by atoms with Gasteiger partial charge in [0.1, 0.15) is 4.88 Å². The first-order valence-corrected chi connectivity index (χ1v) is 3.67. The molecular weight excluding hydrogens is 148 g/mol. The lowest BCUT2D eigenvalue weighted by atomic mass is 10.4. The van der Waals surface area contributed by atoms with Crippen LogP contribution in [0.3, 0.4) is 0 Å². The first-order chi connectivity index (χ1) is 4.74. The minimum Gasteiger partial charge on any atom is -0.477 e. The molecule has 0 aliphatic carbocycles. The molecule has 0 saturated heterocycles. The van der Waals surface area contributed by atoms with Gasteiger partial charge in [-0.2, -0.15) is 0 Å². The largest absolute Gasteiger partial charge is 0.477 e. The Morgan fingerprint density at radius 2 is 2.40 bits per heavy atom. The number of hydrogen-bond donors (Lipinski definition) is 1. The maximum absolute atomic E-state index is 10.3. The predicted octanol–water partition coefficient (Wildman–Crippen LogP) is 1.82. The average molecular weight is 155 g/mol. The molecule has 1 heterocycles.